The number of nitrogens with one attached hydrogen (secondary N) is 1. The van der Waals surface area contributed by atoms with Crippen molar-refractivity contribution in [3.8, 4) is 0 Å². The van der Waals surface area contributed by atoms with Gasteiger partial charge in [0.05, 0.1) is 19.8 Å². The lowest BCUT2D eigenvalue weighted by Gasteiger charge is -2.07. The molecule has 0 aliphatic carbocycles. The summed E-state index contributed by atoms with van der Waals surface area (Å²) in [5.74, 6) is 0.606. The normalized spacial score (nSPS) is 10.9. The van der Waals surface area contributed by atoms with Crippen LogP contribution in [0.4, 0.5) is 0 Å². The highest BCUT2D eigenvalue weighted by Gasteiger charge is 2.02. The molecule has 0 fully saturated rings. The van der Waals surface area contributed by atoms with Crippen molar-refractivity contribution in [2.45, 2.75) is 110 Å². The topological polar surface area (TPSA) is 81.7 Å². The van der Waals surface area contributed by atoms with Crippen LogP contribution in [0.1, 0.15) is 110 Å². The van der Waals surface area contributed by atoms with Crippen LogP contribution in [-0.4, -0.2) is 50.4 Å². The van der Waals surface area contributed by atoms with E-state index < -0.39 is 0 Å². The lowest BCUT2D eigenvalue weighted by molar-refractivity contribution is -0.124. The highest BCUT2D eigenvalue weighted by atomic mass is 16.5. The molecular weight excluding hydrogens is 394 g/mol. The molecule has 0 aliphatic rings. The maximum Gasteiger partial charge on any atom is 0.220 e. The van der Waals surface area contributed by atoms with Crippen LogP contribution in [0.5, 0.6) is 0 Å². The fourth-order valence-corrected chi connectivity index (χ4v) is 3.31. The molecule has 0 heterocycles. The molecule has 0 atom stereocenters. The summed E-state index contributed by atoms with van der Waals surface area (Å²) in [7, 11) is 0. The Morgan fingerprint density at radius 2 is 1.16 bits per heavy atom. The van der Waals surface area contributed by atoms with Gasteiger partial charge < -0.3 is 14.8 Å². The van der Waals surface area contributed by atoms with E-state index in [1.165, 1.54) is 44.9 Å². The molecule has 0 aromatic rings. The van der Waals surface area contributed by atoms with Gasteiger partial charge in [-0.15, -0.1) is 0 Å². The number of unbranched alkanes of at least 4 members (excludes halogenated alkanes) is 9. The Kier molecular flexibility index (Phi) is 22.4. The lowest BCUT2D eigenvalue weighted by Crippen LogP contribution is -2.27. The smallest absolute Gasteiger partial charge is 0.220 e. The quantitative estimate of drug-likeness (QED) is 0.209. The van der Waals surface area contributed by atoms with E-state index >= 15 is 0 Å². The van der Waals surface area contributed by atoms with Gasteiger partial charge in [-0.25, -0.2) is 0 Å². The minimum atomic E-state index is 0.0894. The van der Waals surface area contributed by atoms with Gasteiger partial charge in [-0.3, -0.25) is 14.4 Å². The minimum Gasteiger partial charge on any atom is -0.377 e. The molecule has 0 aromatic carbocycles. The maximum absolute atomic E-state index is 11.8. The van der Waals surface area contributed by atoms with Crippen LogP contribution in [0.25, 0.3) is 0 Å². The molecule has 182 valence electrons. The number of carbonyl (C=O) groups is 3. The van der Waals surface area contributed by atoms with Crippen LogP contribution in [0, 0.1) is 0 Å². The van der Waals surface area contributed by atoms with Gasteiger partial charge in [0.2, 0.25) is 5.91 Å². The number of ether oxygens (including phenoxy) is 2. The van der Waals surface area contributed by atoms with Crippen molar-refractivity contribution in [2.24, 2.45) is 0 Å². The minimum absolute atomic E-state index is 0.0894. The van der Waals surface area contributed by atoms with Crippen molar-refractivity contribution in [3.05, 3.63) is 0 Å². The van der Waals surface area contributed by atoms with Crippen LogP contribution in [0.15, 0.2) is 0 Å². The monoisotopic (exact) mass is 441 g/mol. The average Bonchev–Trinajstić information content (AvgIpc) is 2.76. The van der Waals surface area contributed by atoms with E-state index in [9.17, 15) is 14.4 Å². The van der Waals surface area contributed by atoms with Gasteiger partial charge in [0, 0.05) is 32.2 Å². The summed E-state index contributed by atoms with van der Waals surface area (Å²) in [5, 5.41) is 2.87. The molecule has 6 nitrogen and oxygen atoms in total. The highest BCUT2D eigenvalue weighted by molar-refractivity contribution is 5.79. The summed E-state index contributed by atoms with van der Waals surface area (Å²) in [4.78, 5) is 34.3. The Morgan fingerprint density at radius 3 is 1.74 bits per heavy atom. The van der Waals surface area contributed by atoms with Crippen LogP contribution in [-0.2, 0) is 23.9 Å². The summed E-state index contributed by atoms with van der Waals surface area (Å²) in [6, 6.07) is 0. The molecule has 31 heavy (non-hydrogen) atoms. The molecule has 0 saturated carbocycles. The van der Waals surface area contributed by atoms with Gasteiger partial charge in [-0.2, -0.15) is 0 Å². The van der Waals surface area contributed by atoms with Gasteiger partial charge in [0.15, 0.2) is 5.78 Å². The first-order chi connectivity index (χ1) is 15.1. The molecule has 0 radical (unpaired) electrons. The fraction of sp³-hybridized carbons (Fsp3) is 0.880. The van der Waals surface area contributed by atoms with Gasteiger partial charge in [0.25, 0.3) is 0 Å². The second-order valence-corrected chi connectivity index (χ2v) is 8.23. The summed E-state index contributed by atoms with van der Waals surface area (Å²) >= 11 is 0. The fourth-order valence-electron chi connectivity index (χ4n) is 3.31. The Hall–Kier alpha value is -1.27. The van der Waals surface area contributed by atoms with E-state index in [1.807, 2.05) is 13.8 Å². The first-order valence-electron chi connectivity index (χ1n) is 12.6. The summed E-state index contributed by atoms with van der Waals surface area (Å²) in [5.41, 5.74) is 0. The number of ketones is 2. The van der Waals surface area contributed by atoms with E-state index in [1.54, 1.807) is 0 Å². The van der Waals surface area contributed by atoms with Crippen LogP contribution in [0.2, 0.25) is 0 Å². The van der Waals surface area contributed by atoms with E-state index in [4.69, 9.17) is 9.47 Å². The third kappa shape index (κ3) is 23.2. The number of rotatable bonds is 24. The number of amides is 1. The van der Waals surface area contributed by atoms with Gasteiger partial charge in [-0.05, 0) is 19.3 Å². The number of Topliss-reactive ketones (excluding diaryl/α,β-unsaturated/α-hetero) is 2. The Balaban J connectivity index is 3.23. The van der Waals surface area contributed by atoms with E-state index in [2.05, 4.69) is 5.32 Å². The van der Waals surface area contributed by atoms with Crippen LogP contribution >= 0.6 is 0 Å². The first kappa shape index (κ1) is 29.7. The van der Waals surface area contributed by atoms with Crippen molar-refractivity contribution < 1.29 is 23.9 Å². The van der Waals surface area contributed by atoms with Crippen molar-refractivity contribution in [3.63, 3.8) is 0 Å². The molecular formula is C25H47NO5. The Bertz CT molecular complexity index is 453. The molecule has 0 unspecified atom stereocenters. The molecule has 0 saturated heterocycles. The summed E-state index contributed by atoms with van der Waals surface area (Å²) < 4.78 is 10.6. The Morgan fingerprint density at radius 1 is 0.613 bits per heavy atom. The van der Waals surface area contributed by atoms with Crippen LogP contribution < -0.4 is 5.32 Å². The molecule has 1 N–H and O–H groups in total. The van der Waals surface area contributed by atoms with E-state index in [0.717, 1.165) is 32.1 Å². The molecule has 0 aromatic heterocycles. The Labute approximate surface area is 190 Å². The largest absolute Gasteiger partial charge is 0.377 e. The zero-order valence-corrected chi connectivity index (χ0v) is 20.2. The van der Waals surface area contributed by atoms with Gasteiger partial charge in [0.1, 0.15) is 12.4 Å². The first-order valence-corrected chi connectivity index (χ1v) is 12.6. The number of hydrogen-bond donors (Lipinski definition) is 1. The molecule has 0 spiro atoms. The summed E-state index contributed by atoms with van der Waals surface area (Å²) in [6.45, 7) is 5.90. The second-order valence-electron chi connectivity index (χ2n) is 8.23. The van der Waals surface area contributed by atoms with Gasteiger partial charge in [-0.1, -0.05) is 65.2 Å². The average molecular weight is 442 g/mol. The van der Waals surface area contributed by atoms with Crippen molar-refractivity contribution in [1.29, 1.82) is 0 Å². The highest BCUT2D eigenvalue weighted by Crippen LogP contribution is 2.12. The molecule has 6 heteroatoms. The number of hydrogen-bond acceptors (Lipinski definition) is 5. The molecule has 1 amide bonds. The maximum atomic E-state index is 11.8. The summed E-state index contributed by atoms with van der Waals surface area (Å²) in [6.07, 6.45) is 15.2. The predicted molar refractivity (Wildman–Crippen MR) is 125 cm³/mol. The SMILES string of the molecule is CCCC(=O)COCCOCCNC(=O)CCCCCCCCCCCCC(=O)CC. The second kappa shape index (κ2) is 23.4. The standard InChI is InChI=1S/C25H47NO5/c1-3-15-24(28)22-31-21-20-30-19-18-26-25(29)17-14-12-10-8-6-5-7-9-11-13-16-23(27)4-2/h3-22H2,1-2H3,(H,26,29). The van der Waals surface area contributed by atoms with E-state index in [0.29, 0.717) is 51.4 Å². The number of carbonyl (C=O) groups excluding carboxylic acids is 3. The zero-order valence-electron chi connectivity index (χ0n) is 20.2. The molecule has 0 rings (SSSR count). The molecule has 0 bridgehead atoms. The van der Waals surface area contributed by atoms with E-state index in [-0.39, 0.29) is 18.3 Å². The third-order valence-corrected chi connectivity index (χ3v) is 5.24. The zero-order chi connectivity index (χ0) is 23.0. The van der Waals surface area contributed by atoms with Crippen molar-refractivity contribution in [1.82, 2.24) is 5.32 Å². The van der Waals surface area contributed by atoms with Gasteiger partial charge >= 0.3 is 0 Å². The van der Waals surface area contributed by atoms with Crippen molar-refractivity contribution >= 4 is 17.5 Å². The third-order valence-electron chi connectivity index (χ3n) is 5.24. The lowest BCUT2D eigenvalue weighted by atomic mass is 10.0. The van der Waals surface area contributed by atoms with Crippen LogP contribution in [0.3, 0.4) is 0 Å². The predicted octanol–water partition coefficient (Wildman–Crippen LogP) is 5.17. The molecule has 0 aliphatic heterocycles. The van der Waals surface area contributed by atoms with Crippen molar-refractivity contribution in [2.75, 3.05) is 33.0 Å².